The summed E-state index contributed by atoms with van der Waals surface area (Å²) in [6, 6.07) is 9.80. The van der Waals surface area contributed by atoms with E-state index in [2.05, 4.69) is 10.4 Å². The van der Waals surface area contributed by atoms with E-state index in [-0.39, 0.29) is 12.3 Å². The summed E-state index contributed by atoms with van der Waals surface area (Å²) in [6.07, 6.45) is 5.22. The molecule has 2 rings (SSSR count). The normalized spacial score (nSPS) is 10.4. The maximum atomic E-state index is 11.8. The number of carbonyl (C=O) groups excluding carboxylic acids is 1. The Labute approximate surface area is 135 Å². The van der Waals surface area contributed by atoms with Gasteiger partial charge in [-0.1, -0.05) is 24.3 Å². The van der Waals surface area contributed by atoms with Crippen molar-refractivity contribution in [3.8, 4) is 0 Å². The first kappa shape index (κ1) is 16.7. The largest absolute Gasteiger partial charge is 0.481 e. The Morgan fingerprint density at radius 3 is 2.52 bits per heavy atom. The summed E-state index contributed by atoms with van der Waals surface area (Å²) in [7, 11) is 0. The maximum absolute atomic E-state index is 11.8. The number of unbranched alkanes of at least 4 members (excludes halogenated alkanes) is 1. The number of nitrogens with one attached hydrogen (secondary N) is 1. The van der Waals surface area contributed by atoms with Crippen molar-refractivity contribution in [3.05, 3.63) is 53.9 Å². The average Bonchev–Trinajstić information content (AvgIpc) is 3.03. The van der Waals surface area contributed by atoms with Crippen LogP contribution in [-0.4, -0.2) is 26.8 Å². The van der Waals surface area contributed by atoms with Crippen molar-refractivity contribution >= 4 is 11.9 Å². The number of nitrogens with zero attached hydrogens (tertiary/aromatic N) is 2. The van der Waals surface area contributed by atoms with Crippen molar-refractivity contribution in [1.82, 2.24) is 15.1 Å². The zero-order valence-electron chi connectivity index (χ0n) is 12.9. The minimum Gasteiger partial charge on any atom is -0.481 e. The van der Waals surface area contributed by atoms with Gasteiger partial charge in [-0.25, -0.2) is 0 Å². The summed E-state index contributed by atoms with van der Waals surface area (Å²) in [4.78, 5) is 22.2. The second kappa shape index (κ2) is 8.73. The molecule has 0 saturated heterocycles. The van der Waals surface area contributed by atoms with Gasteiger partial charge in [0.2, 0.25) is 5.91 Å². The molecule has 6 heteroatoms. The van der Waals surface area contributed by atoms with Crippen LogP contribution in [0.5, 0.6) is 0 Å². The molecule has 0 atom stereocenters. The molecular formula is C17H21N3O3. The molecule has 1 aromatic carbocycles. The Morgan fingerprint density at radius 2 is 1.83 bits per heavy atom. The summed E-state index contributed by atoms with van der Waals surface area (Å²) in [5.74, 6) is -0.873. The van der Waals surface area contributed by atoms with Crippen LogP contribution in [0.1, 0.15) is 36.8 Å². The van der Waals surface area contributed by atoms with E-state index in [1.165, 1.54) is 0 Å². The molecule has 122 valence electrons. The van der Waals surface area contributed by atoms with E-state index in [4.69, 9.17) is 5.11 Å². The van der Waals surface area contributed by atoms with Gasteiger partial charge in [-0.05, 0) is 30.0 Å². The molecule has 0 aliphatic heterocycles. The van der Waals surface area contributed by atoms with Crippen LogP contribution >= 0.6 is 0 Å². The lowest BCUT2D eigenvalue weighted by Gasteiger charge is -2.11. The molecule has 0 spiro atoms. The molecule has 1 aromatic heterocycles. The fraction of sp³-hybridized carbons (Fsp3) is 0.353. The van der Waals surface area contributed by atoms with Crippen molar-refractivity contribution in [2.75, 3.05) is 0 Å². The predicted octanol–water partition coefficient (Wildman–Crippen LogP) is 2.19. The maximum Gasteiger partial charge on any atom is 0.303 e. The Bertz CT molecular complexity index is 638. The van der Waals surface area contributed by atoms with Crippen LogP contribution in [0.4, 0.5) is 0 Å². The second-order valence-electron chi connectivity index (χ2n) is 5.35. The molecule has 6 nitrogen and oxygen atoms in total. The number of amides is 1. The molecule has 1 amide bonds. The van der Waals surface area contributed by atoms with Gasteiger partial charge >= 0.3 is 5.97 Å². The molecule has 0 unspecified atom stereocenters. The van der Waals surface area contributed by atoms with E-state index in [1.807, 2.05) is 41.2 Å². The van der Waals surface area contributed by atoms with E-state index in [9.17, 15) is 9.59 Å². The lowest BCUT2D eigenvalue weighted by molar-refractivity contribution is -0.137. The van der Waals surface area contributed by atoms with E-state index < -0.39 is 5.97 Å². The zero-order chi connectivity index (χ0) is 16.5. The minimum absolute atomic E-state index is 0.0516. The van der Waals surface area contributed by atoms with Crippen LogP contribution in [0.2, 0.25) is 0 Å². The fourth-order valence-electron chi connectivity index (χ4n) is 2.30. The van der Waals surface area contributed by atoms with Gasteiger partial charge in [0.15, 0.2) is 0 Å². The van der Waals surface area contributed by atoms with Gasteiger partial charge in [-0.3, -0.25) is 14.3 Å². The fourth-order valence-corrected chi connectivity index (χ4v) is 2.30. The molecule has 0 fully saturated rings. The number of hydrogen-bond acceptors (Lipinski definition) is 3. The summed E-state index contributed by atoms with van der Waals surface area (Å²) in [5.41, 5.74) is 2.17. The Kier molecular flexibility index (Phi) is 6.35. The Hall–Kier alpha value is -2.63. The van der Waals surface area contributed by atoms with Gasteiger partial charge in [-0.2, -0.15) is 5.10 Å². The van der Waals surface area contributed by atoms with Crippen LogP contribution in [-0.2, 0) is 22.7 Å². The first-order valence-electron chi connectivity index (χ1n) is 7.68. The highest BCUT2D eigenvalue weighted by atomic mass is 16.4. The molecule has 0 saturated carbocycles. The topological polar surface area (TPSA) is 84.2 Å². The molecule has 1 heterocycles. The summed E-state index contributed by atoms with van der Waals surface area (Å²) in [6.45, 7) is 1.13. The Morgan fingerprint density at radius 1 is 1.09 bits per heavy atom. The highest BCUT2D eigenvalue weighted by Gasteiger charge is 2.06. The first-order chi connectivity index (χ1) is 11.1. The molecule has 0 aliphatic carbocycles. The third-order valence-corrected chi connectivity index (χ3v) is 3.53. The number of hydrogen-bond donors (Lipinski definition) is 2. The molecule has 0 bridgehead atoms. The second-order valence-corrected chi connectivity index (χ2v) is 5.35. The van der Waals surface area contributed by atoms with Gasteiger partial charge in [0.1, 0.15) is 0 Å². The number of aromatic nitrogens is 2. The van der Waals surface area contributed by atoms with Gasteiger partial charge in [0.25, 0.3) is 0 Å². The van der Waals surface area contributed by atoms with Gasteiger partial charge in [0, 0.05) is 31.8 Å². The summed E-state index contributed by atoms with van der Waals surface area (Å²) < 4.78 is 1.84. The smallest absolute Gasteiger partial charge is 0.303 e. The third kappa shape index (κ3) is 5.94. The highest BCUT2D eigenvalue weighted by molar-refractivity contribution is 5.76. The van der Waals surface area contributed by atoms with Crippen LogP contribution in [0.25, 0.3) is 0 Å². The number of carboxylic acid groups (broad SMARTS) is 1. The summed E-state index contributed by atoms with van der Waals surface area (Å²) in [5, 5.41) is 15.6. The van der Waals surface area contributed by atoms with Crippen molar-refractivity contribution in [1.29, 1.82) is 0 Å². The predicted molar refractivity (Wildman–Crippen MR) is 85.7 cm³/mol. The number of aliphatic carboxylic acids is 1. The molecule has 0 aliphatic rings. The third-order valence-electron chi connectivity index (χ3n) is 3.53. The number of benzene rings is 1. The lowest BCUT2D eigenvalue weighted by Crippen LogP contribution is -2.23. The van der Waals surface area contributed by atoms with E-state index in [0.29, 0.717) is 32.4 Å². The van der Waals surface area contributed by atoms with Gasteiger partial charge in [0.05, 0.1) is 6.54 Å². The van der Waals surface area contributed by atoms with E-state index in [1.54, 1.807) is 6.20 Å². The quantitative estimate of drug-likeness (QED) is 0.695. The van der Waals surface area contributed by atoms with E-state index >= 15 is 0 Å². The molecule has 2 N–H and O–H groups in total. The number of carbonyl (C=O) groups is 2. The van der Waals surface area contributed by atoms with Crippen LogP contribution in [0, 0.1) is 0 Å². The number of rotatable bonds is 9. The van der Waals surface area contributed by atoms with Gasteiger partial charge in [-0.15, -0.1) is 0 Å². The molecule has 2 aromatic rings. The van der Waals surface area contributed by atoms with Crippen LogP contribution in [0.15, 0.2) is 42.7 Å². The lowest BCUT2D eigenvalue weighted by atomic mass is 10.1. The van der Waals surface area contributed by atoms with Crippen LogP contribution < -0.4 is 5.32 Å². The minimum atomic E-state index is -0.821. The first-order valence-corrected chi connectivity index (χ1v) is 7.68. The SMILES string of the molecule is O=C(O)CCCCC(=O)NCc1ccccc1Cn1cccn1. The average molecular weight is 315 g/mol. The van der Waals surface area contributed by atoms with Crippen molar-refractivity contribution < 1.29 is 14.7 Å². The highest BCUT2D eigenvalue weighted by Crippen LogP contribution is 2.10. The number of carboxylic acids is 1. The van der Waals surface area contributed by atoms with Crippen LogP contribution in [0.3, 0.4) is 0 Å². The standard InChI is InChI=1S/C17H21N3O3/c21-16(8-3-4-9-17(22)23)18-12-14-6-1-2-7-15(14)13-20-11-5-10-19-20/h1-2,5-7,10-11H,3-4,8-9,12-13H2,(H,18,21)(H,22,23). The van der Waals surface area contributed by atoms with Crippen molar-refractivity contribution in [3.63, 3.8) is 0 Å². The summed E-state index contributed by atoms with van der Waals surface area (Å²) >= 11 is 0. The van der Waals surface area contributed by atoms with Crippen molar-refractivity contribution in [2.45, 2.75) is 38.8 Å². The molecule has 0 radical (unpaired) electrons. The van der Waals surface area contributed by atoms with Gasteiger partial charge < -0.3 is 10.4 Å². The van der Waals surface area contributed by atoms with Crippen molar-refractivity contribution in [2.24, 2.45) is 0 Å². The molecular weight excluding hydrogens is 294 g/mol. The monoisotopic (exact) mass is 315 g/mol. The Balaban J connectivity index is 1.81. The zero-order valence-corrected chi connectivity index (χ0v) is 12.9. The molecule has 23 heavy (non-hydrogen) atoms. The van der Waals surface area contributed by atoms with E-state index in [0.717, 1.165) is 11.1 Å².